The Hall–Kier alpha value is -2.02. The molecule has 0 aliphatic heterocycles. The lowest BCUT2D eigenvalue weighted by Gasteiger charge is -2.09. The van der Waals surface area contributed by atoms with Crippen LogP contribution in [0.1, 0.15) is 11.1 Å². The van der Waals surface area contributed by atoms with Gasteiger partial charge in [-0.3, -0.25) is 10.1 Å². The number of benzene rings is 1. The van der Waals surface area contributed by atoms with Gasteiger partial charge in [0.2, 0.25) is 5.88 Å². The number of aromatic nitrogens is 1. The van der Waals surface area contributed by atoms with Crippen LogP contribution in [-0.4, -0.2) is 9.91 Å². The summed E-state index contributed by atoms with van der Waals surface area (Å²) in [6.45, 7) is 3.36. The van der Waals surface area contributed by atoms with Crippen molar-refractivity contribution in [3.63, 3.8) is 0 Å². The van der Waals surface area contributed by atoms with E-state index in [-0.39, 0.29) is 17.3 Å². The molecule has 20 heavy (non-hydrogen) atoms. The summed E-state index contributed by atoms with van der Waals surface area (Å²) in [4.78, 5) is 14.1. The third-order valence-corrected chi connectivity index (χ3v) is 3.67. The van der Waals surface area contributed by atoms with Crippen LogP contribution < -0.4 is 4.74 Å². The second-order valence-corrected chi connectivity index (χ2v) is 4.97. The fourth-order valence-corrected chi connectivity index (χ4v) is 1.93. The van der Waals surface area contributed by atoms with Crippen molar-refractivity contribution < 1.29 is 14.1 Å². The normalized spacial score (nSPS) is 10.4. The molecule has 2 aromatic rings. The van der Waals surface area contributed by atoms with Crippen LogP contribution in [0.3, 0.4) is 0 Å². The minimum absolute atomic E-state index is 0.105. The van der Waals surface area contributed by atoms with Crippen molar-refractivity contribution in [2.45, 2.75) is 13.8 Å². The fraction of sp³-hybridized carbons (Fsp3) is 0.154. The Balaban J connectivity index is 2.42. The maximum absolute atomic E-state index is 13.8. The number of hydrogen-bond donors (Lipinski definition) is 0. The molecule has 2 rings (SSSR count). The second kappa shape index (κ2) is 5.54. The number of halogens is 2. The van der Waals surface area contributed by atoms with E-state index in [4.69, 9.17) is 4.74 Å². The molecule has 0 amide bonds. The fourth-order valence-electron chi connectivity index (χ4n) is 1.61. The largest absolute Gasteiger partial charge is 0.435 e. The Bertz CT molecular complexity index is 692. The van der Waals surface area contributed by atoms with Crippen LogP contribution in [0, 0.1) is 29.8 Å². The van der Waals surface area contributed by atoms with Crippen molar-refractivity contribution in [2.75, 3.05) is 0 Å². The zero-order valence-electron chi connectivity index (χ0n) is 10.7. The van der Waals surface area contributed by atoms with Gasteiger partial charge in [0.25, 0.3) is 5.69 Å². The van der Waals surface area contributed by atoms with Gasteiger partial charge in [0.15, 0.2) is 11.6 Å². The molecule has 0 saturated carbocycles. The second-order valence-electron chi connectivity index (χ2n) is 4.18. The molecular formula is C13H10BrFN2O3. The molecule has 0 saturated heterocycles. The first kappa shape index (κ1) is 14.4. The Labute approximate surface area is 122 Å². The van der Waals surface area contributed by atoms with Crippen molar-refractivity contribution in [3.05, 3.63) is 55.9 Å². The molecular weight excluding hydrogens is 331 g/mol. The average molecular weight is 341 g/mol. The smallest absolute Gasteiger partial charge is 0.275 e. The highest BCUT2D eigenvalue weighted by Gasteiger charge is 2.18. The molecule has 104 valence electrons. The third kappa shape index (κ3) is 2.77. The molecule has 1 heterocycles. The van der Waals surface area contributed by atoms with E-state index in [1.807, 2.05) is 6.92 Å². The molecule has 1 aromatic heterocycles. The lowest BCUT2D eigenvalue weighted by molar-refractivity contribution is -0.385. The summed E-state index contributed by atoms with van der Waals surface area (Å²) in [5, 5.41) is 10.7. The van der Waals surface area contributed by atoms with Gasteiger partial charge in [-0.1, -0.05) is 0 Å². The molecule has 0 unspecified atom stereocenters. The number of hydrogen-bond acceptors (Lipinski definition) is 4. The molecule has 0 N–H and O–H groups in total. The molecule has 7 heteroatoms. The number of aryl methyl sites for hydroxylation is 2. The van der Waals surface area contributed by atoms with Gasteiger partial charge in [0.05, 0.1) is 15.5 Å². The van der Waals surface area contributed by atoms with Gasteiger partial charge >= 0.3 is 0 Å². The van der Waals surface area contributed by atoms with E-state index in [1.54, 1.807) is 6.07 Å². The lowest BCUT2D eigenvalue weighted by Crippen LogP contribution is -1.97. The SMILES string of the molecule is Cc1cc(Oc2nccc(C)c2Br)c(F)cc1[N+](=O)[O-]. The highest BCUT2D eigenvalue weighted by Crippen LogP contribution is 2.33. The number of nitrogens with zero attached hydrogens (tertiary/aromatic N) is 2. The summed E-state index contributed by atoms with van der Waals surface area (Å²) >= 11 is 3.30. The average Bonchev–Trinajstić information content (AvgIpc) is 2.38. The van der Waals surface area contributed by atoms with Gasteiger partial charge in [0.1, 0.15) is 0 Å². The predicted molar refractivity (Wildman–Crippen MR) is 74.5 cm³/mol. The summed E-state index contributed by atoms with van der Waals surface area (Å²) in [7, 11) is 0. The Kier molecular flexibility index (Phi) is 3.99. The monoisotopic (exact) mass is 340 g/mol. The first-order valence-corrected chi connectivity index (χ1v) is 6.43. The van der Waals surface area contributed by atoms with Crippen LogP contribution in [0.15, 0.2) is 28.9 Å². The van der Waals surface area contributed by atoms with E-state index in [9.17, 15) is 14.5 Å². The first-order chi connectivity index (χ1) is 9.40. The summed E-state index contributed by atoms with van der Waals surface area (Å²) in [6, 6.07) is 3.90. The topological polar surface area (TPSA) is 65.3 Å². The van der Waals surface area contributed by atoms with Crippen molar-refractivity contribution in [3.8, 4) is 11.6 Å². The summed E-state index contributed by atoms with van der Waals surface area (Å²) < 4.78 is 19.8. The van der Waals surface area contributed by atoms with Gasteiger partial charge in [-0.2, -0.15) is 0 Å². The summed E-state index contributed by atoms with van der Waals surface area (Å²) in [5.74, 6) is -0.707. The van der Waals surface area contributed by atoms with E-state index >= 15 is 0 Å². The van der Waals surface area contributed by atoms with Gasteiger partial charge in [0, 0.05) is 11.8 Å². The minimum Gasteiger partial charge on any atom is -0.435 e. The van der Waals surface area contributed by atoms with Gasteiger partial charge in [-0.25, -0.2) is 9.37 Å². The maximum atomic E-state index is 13.8. The van der Waals surface area contributed by atoms with E-state index in [1.165, 1.54) is 19.2 Å². The zero-order chi connectivity index (χ0) is 14.9. The molecule has 0 aliphatic rings. The van der Waals surface area contributed by atoms with Gasteiger partial charge in [-0.15, -0.1) is 0 Å². The van der Waals surface area contributed by atoms with E-state index < -0.39 is 10.7 Å². The van der Waals surface area contributed by atoms with Crippen molar-refractivity contribution in [1.29, 1.82) is 0 Å². The van der Waals surface area contributed by atoms with E-state index in [0.717, 1.165) is 11.6 Å². The first-order valence-electron chi connectivity index (χ1n) is 5.63. The zero-order valence-corrected chi connectivity index (χ0v) is 12.3. The Morgan fingerprint density at radius 2 is 2.05 bits per heavy atom. The van der Waals surface area contributed by atoms with Crippen LogP contribution in [0.4, 0.5) is 10.1 Å². The predicted octanol–water partition coefficient (Wildman–Crippen LogP) is 4.30. The molecule has 0 atom stereocenters. The van der Waals surface area contributed by atoms with Crippen LogP contribution in [0.2, 0.25) is 0 Å². The number of ether oxygens (including phenoxy) is 1. The minimum atomic E-state index is -0.808. The van der Waals surface area contributed by atoms with Crippen LogP contribution >= 0.6 is 15.9 Å². The highest BCUT2D eigenvalue weighted by atomic mass is 79.9. The summed E-state index contributed by atoms with van der Waals surface area (Å²) in [6.07, 6.45) is 1.53. The highest BCUT2D eigenvalue weighted by molar-refractivity contribution is 9.10. The van der Waals surface area contributed by atoms with Crippen molar-refractivity contribution in [1.82, 2.24) is 4.98 Å². The van der Waals surface area contributed by atoms with Crippen molar-refractivity contribution >= 4 is 21.6 Å². The summed E-state index contributed by atoms with van der Waals surface area (Å²) in [5.41, 5.74) is 0.912. The van der Waals surface area contributed by atoms with Gasteiger partial charge in [-0.05, 0) is 47.5 Å². The van der Waals surface area contributed by atoms with E-state index in [0.29, 0.717) is 10.0 Å². The number of nitro benzene ring substituents is 1. The molecule has 1 aromatic carbocycles. The Morgan fingerprint density at radius 3 is 2.70 bits per heavy atom. The third-order valence-electron chi connectivity index (χ3n) is 2.70. The quantitative estimate of drug-likeness (QED) is 0.617. The number of nitro groups is 1. The van der Waals surface area contributed by atoms with Crippen LogP contribution in [0.25, 0.3) is 0 Å². The molecule has 0 spiro atoms. The molecule has 0 radical (unpaired) electrons. The molecule has 0 bridgehead atoms. The Morgan fingerprint density at radius 1 is 1.35 bits per heavy atom. The van der Waals surface area contributed by atoms with Gasteiger partial charge < -0.3 is 4.74 Å². The maximum Gasteiger partial charge on any atom is 0.275 e. The molecule has 0 fully saturated rings. The van der Waals surface area contributed by atoms with E-state index in [2.05, 4.69) is 20.9 Å². The number of pyridine rings is 1. The molecule has 5 nitrogen and oxygen atoms in total. The van der Waals surface area contributed by atoms with Crippen molar-refractivity contribution in [2.24, 2.45) is 0 Å². The van der Waals surface area contributed by atoms with Crippen LogP contribution in [-0.2, 0) is 0 Å². The van der Waals surface area contributed by atoms with Crippen LogP contribution in [0.5, 0.6) is 11.6 Å². The molecule has 0 aliphatic carbocycles. The number of rotatable bonds is 3. The standard InChI is InChI=1S/C13H10BrFN2O3/c1-7-3-4-16-13(12(7)14)20-11-5-8(2)10(17(18)19)6-9(11)15/h3-6H,1-2H3. The lowest BCUT2D eigenvalue weighted by atomic mass is 10.2.